The van der Waals surface area contributed by atoms with Crippen LogP contribution < -0.4 is 10.5 Å². The Morgan fingerprint density at radius 2 is 1.80 bits per heavy atom. The molecule has 0 aliphatic heterocycles. The molecule has 0 unspecified atom stereocenters. The number of rotatable bonds is 10. The van der Waals surface area contributed by atoms with E-state index in [2.05, 4.69) is 22.9 Å². The minimum absolute atomic E-state index is 0.376. The van der Waals surface area contributed by atoms with Gasteiger partial charge in [0, 0.05) is 4.47 Å². The third kappa shape index (κ3) is 6.71. The SMILES string of the molecule is CCCCCCCCCOc1ccc(Br)cc1C(N)=S. The van der Waals surface area contributed by atoms with E-state index < -0.39 is 0 Å². The largest absolute Gasteiger partial charge is 0.493 e. The maximum atomic E-state index is 5.79. The molecule has 1 aromatic rings. The topological polar surface area (TPSA) is 35.2 Å². The van der Waals surface area contributed by atoms with Crippen LogP contribution in [-0.2, 0) is 0 Å². The summed E-state index contributed by atoms with van der Waals surface area (Å²) in [4.78, 5) is 0.376. The fraction of sp³-hybridized carbons (Fsp3) is 0.562. The molecule has 4 heteroatoms. The lowest BCUT2D eigenvalue weighted by Gasteiger charge is -2.11. The standard InChI is InChI=1S/C16H24BrNOS/c1-2-3-4-5-6-7-8-11-19-15-10-9-13(17)12-14(15)16(18)20/h9-10,12H,2-8,11H2,1H3,(H2,18,20). The zero-order valence-electron chi connectivity index (χ0n) is 12.2. The molecule has 2 N–H and O–H groups in total. The highest BCUT2D eigenvalue weighted by molar-refractivity contribution is 9.10. The second-order valence-electron chi connectivity index (χ2n) is 4.97. The summed E-state index contributed by atoms with van der Waals surface area (Å²) in [7, 11) is 0. The molecular weight excluding hydrogens is 334 g/mol. The summed E-state index contributed by atoms with van der Waals surface area (Å²) >= 11 is 8.46. The minimum Gasteiger partial charge on any atom is -0.493 e. The summed E-state index contributed by atoms with van der Waals surface area (Å²) in [5, 5.41) is 0. The van der Waals surface area contributed by atoms with E-state index in [4.69, 9.17) is 22.7 Å². The second-order valence-corrected chi connectivity index (χ2v) is 6.33. The van der Waals surface area contributed by atoms with Crippen LogP contribution in [0.25, 0.3) is 0 Å². The van der Waals surface area contributed by atoms with Gasteiger partial charge in [0.15, 0.2) is 0 Å². The van der Waals surface area contributed by atoms with Crippen molar-refractivity contribution in [2.24, 2.45) is 5.73 Å². The van der Waals surface area contributed by atoms with Gasteiger partial charge in [0.05, 0.1) is 12.2 Å². The average Bonchev–Trinajstić information content (AvgIpc) is 2.43. The number of thiocarbonyl (C=S) groups is 1. The van der Waals surface area contributed by atoms with Gasteiger partial charge in [0.1, 0.15) is 10.7 Å². The lowest BCUT2D eigenvalue weighted by molar-refractivity contribution is 0.304. The lowest BCUT2D eigenvalue weighted by Crippen LogP contribution is -2.12. The van der Waals surface area contributed by atoms with Crippen molar-refractivity contribution in [3.8, 4) is 5.75 Å². The highest BCUT2D eigenvalue weighted by Crippen LogP contribution is 2.23. The molecule has 0 heterocycles. The van der Waals surface area contributed by atoms with Gasteiger partial charge in [0.25, 0.3) is 0 Å². The van der Waals surface area contributed by atoms with Crippen molar-refractivity contribution in [3.63, 3.8) is 0 Å². The molecular formula is C16H24BrNOS. The van der Waals surface area contributed by atoms with E-state index in [1.165, 1.54) is 38.5 Å². The lowest BCUT2D eigenvalue weighted by atomic mass is 10.1. The molecule has 0 aliphatic rings. The molecule has 1 rings (SSSR count). The molecule has 0 bridgehead atoms. The predicted molar refractivity (Wildman–Crippen MR) is 93.5 cm³/mol. The number of hydrogen-bond acceptors (Lipinski definition) is 2. The Kier molecular flexibility index (Phi) is 8.86. The van der Waals surface area contributed by atoms with Crippen LogP contribution in [0.4, 0.5) is 0 Å². The van der Waals surface area contributed by atoms with Gasteiger partial charge in [-0.2, -0.15) is 0 Å². The van der Waals surface area contributed by atoms with E-state index in [0.717, 1.165) is 28.8 Å². The van der Waals surface area contributed by atoms with Crippen LogP contribution in [0.1, 0.15) is 57.4 Å². The third-order valence-corrected chi connectivity index (χ3v) is 3.93. The Morgan fingerprint density at radius 1 is 1.15 bits per heavy atom. The molecule has 0 aromatic heterocycles. The first-order valence-corrected chi connectivity index (χ1v) is 8.57. The number of ether oxygens (including phenoxy) is 1. The first-order chi connectivity index (χ1) is 9.65. The third-order valence-electron chi connectivity index (χ3n) is 3.21. The minimum atomic E-state index is 0.376. The highest BCUT2D eigenvalue weighted by Gasteiger charge is 2.07. The summed E-state index contributed by atoms with van der Waals surface area (Å²) in [6.45, 7) is 2.97. The fourth-order valence-corrected chi connectivity index (χ4v) is 2.58. The maximum absolute atomic E-state index is 5.79. The van der Waals surface area contributed by atoms with E-state index in [-0.39, 0.29) is 0 Å². The molecule has 2 nitrogen and oxygen atoms in total. The normalized spacial score (nSPS) is 10.5. The van der Waals surface area contributed by atoms with Crippen LogP contribution in [0.3, 0.4) is 0 Å². The van der Waals surface area contributed by atoms with Gasteiger partial charge in [-0.1, -0.05) is 73.6 Å². The molecule has 112 valence electrons. The first-order valence-electron chi connectivity index (χ1n) is 7.37. The summed E-state index contributed by atoms with van der Waals surface area (Å²) < 4.78 is 6.75. The molecule has 0 saturated heterocycles. The fourth-order valence-electron chi connectivity index (χ4n) is 2.06. The van der Waals surface area contributed by atoms with Crippen molar-refractivity contribution in [2.45, 2.75) is 51.9 Å². The number of unbranched alkanes of at least 4 members (excludes halogenated alkanes) is 6. The molecule has 0 fully saturated rings. The van der Waals surface area contributed by atoms with Crippen molar-refractivity contribution < 1.29 is 4.74 Å². The van der Waals surface area contributed by atoms with Crippen LogP contribution in [0.15, 0.2) is 22.7 Å². The summed E-state index contributed by atoms with van der Waals surface area (Å²) in [6, 6.07) is 5.77. The van der Waals surface area contributed by atoms with E-state index in [0.29, 0.717) is 4.99 Å². The van der Waals surface area contributed by atoms with E-state index in [1.807, 2.05) is 18.2 Å². The predicted octanol–water partition coefficient (Wildman–Crippen LogP) is 5.21. The van der Waals surface area contributed by atoms with Gasteiger partial charge in [-0.15, -0.1) is 0 Å². The Bertz CT molecular complexity index is 423. The number of nitrogens with two attached hydrogens (primary N) is 1. The van der Waals surface area contributed by atoms with Gasteiger partial charge in [0.2, 0.25) is 0 Å². The smallest absolute Gasteiger partial charge is 0.129 e. The highest BCUT2D eigenvalue weighted by atomic mass is 79.9. The zero-order chi connectivity index (χ0) is 14.8. The Balaban J connectivity index is 2.27. The first kappa shape index (κ1) is 17.4. The van der Waals surface area contributed by atoms with Crippen molar-refractivity contribution in [1.29, 1.82) is 0 Å². The van der Waals surface area contributed by atoms with Crippen molar-refractivity contribution in [1.82, 2.24) is 0 Å². The van der Waals surface area contributed by atoms with Crippen LogP contribution >= 0.6 is 28.1 Å². The van der Waals surface area contributed by atoms with E-state index in [9.17, 15) is 0 Å². The monoisotopic (exact) mass is 357 g/mol. The summed E-state index contributed by atoms with van der Waals surface area (Å²) in [5.41, 5.74) is 6.52. The Hall–Kier alpha value is -0.610. The molecule has 0 spiro atoms. The Morgan fingerprint density at radius 3 is 2.45 bits per heavy atom. The second kappa shape index (κ2) is 10.2. The maximum Gasteiger partial charge on any atom is 0.129 e. The zero-order valence-corrected chi connectivity index (χ0v) is 14.6. The molecule has 1 aromatic carbocycles. The van der Waals surface area contributed by atoms with Gasteiger partial charge >= 0.3 is 0 Å². The van der Waals surface area contributed by atoms with Gasteiger partial charge < -0.3 is 10.5 Å². The van der Waals surface area contributed by atoms with Crippen molar-refractivity contribution in [2.75, 3.05) is 6.61 Å². The van der Waals surface area contributed by atoms with Crippen molar-refractivity contribution >= 4 is 33.1 Å². The molecule has 0 radical (unpaired) electrons. The average molecular weight is 358 g/mol. The van der Waals surface area contributed by atoms with Crippen LogP contribution in [0, 0.1) is 0 Å². The summed E-state index contributed by atoms with van der Waals surface area (Å²) in [6.07, 6.45) is 8.95. The number of benzene rings is 1. The van der Waals surface area contributed by atoms with Crippen LogP contribution in [0.2, 0.25) is 0 Å². The van der Waals surface area contributed by atoms with E-state index in [1.54, 1.807) is 0 Å². The molecule has 0 aliphatic carbocycles. The number of hydrogen-bond donors (Lipinski definition) is 1. The number of halogens is 1. The Labute approximate surface area is 136 Å². The molecule has 20 heavy (non-hydrogen) atoms. The summed E-state index contributed by atoms with van der Waals surface area (Å²) in [5.74, 6) is 0.784. The van der Waals surface area contributed by atoms with E-state index >= 15 is 0 Å². The van der Waals surface area contributed by atoms with Crippen LogP contribution in [0.5, 0.6) is 5.75 Å². The molecule has 0 saturated carbocycles. The quantitative estimate of drug-likeness (QED) is 0.460. The van der Waals surface area contributed by atoms with Gasteiger partial charge in [-0.3, -0.25) is 0 Å². The molecule has 0 amide bonds. The van der Waals surface area contributed by atoms with Gasteiger partial charge in [-0.25, -0.2) is 0 Å². The molecule has 0 atom stereocenters. The van der Waals surface area contributed by atoms with Gasteiger partial charge in [-0.05, 0) is 24.6 Å². The van der Waals surface area contributed by atoms with Crippen molar-refractivity contribution in [3.05, 3.63) is 28.2 Å². The van der Waals surface area contributed by atoms with Crippen LogP contribution in [-0.4, -0.2) is 11.6 Å².